The molecule has 2 rings (SSSR count). The highest BCUT2D eigenvalue weighted by molar-refractivity contribution is 5.86. The fraction of sp³-hybridized carbons (Fsp3) is 0.133. The number of rotatable bonds is 3. The molecule has 0 spiro atoms. The maximum absolute atomic E-state index is 9.89. The van der Waals surface area contributed by atoms with Gasteiger partial charge in [0.15, 0.2) is 11.5 Å². The third kappa shape index (κ3) is 2.69. The number of aromatic hydroxyl groups is 1. The van der Waals surface area contributed by atoms with Crippen molar-refractivity contribution in [2.24, 2.45) is 4.99 Å². The average molecular weight is 241 g/mol. The molecule has 2 aromatic carbocycles. The lowest BCUT2D eigenvalue weighted by atomic mass is 10.2. The highest BCUT2D eigenvalue weighted by atomic mass is 16.5. The summed E-state index contributed by atoms with van der Waals surface area (Å²) in [7, 11) is 1.52. The van der Waals surface area contributed by atoms with Crippen LogP contribution in [0.2, 0.25) is 0 Å². The number of aliphatic imine (C=N–C) groups is 1. The molecule has 0 bridgehead atoms. The molecule has 0 unspecified atom stereocenters. The van der Waals surface area contributed by atoms with Crippen LogP contribution in [0.1, 0.15) is 11.1 Å². The number of hydrogen-bond acceptors (Lipinski definition) is 3. The quantitative estimate of drug-likeness (QED) is 0.836. The molecule has 3 heteroatoms. The van der Waals surface area contributed by atoms with Crippen molar-refractivity contribution < 1.29 is 9.84 Å². The van der Waals surface area contributed by atoms with Crippen molar-refractivity contribution in [3.05, 3.63) is 53.6 Å². The first kappa shape index (κ1) is 12.2. The fourth-order valence-corrected chi connectivity index (χ4v) is 1.58. The van der Waals surface area contributed by atoms with Gasteiger partial charge in [-0.3, -0.25) is 4.99 Å². The zero-order valence-electron chi connectivity index (χ0n) is 10.4. The molecule has 0 aliphatic heterocycles. The number of benzene rings is 2. The van der Waals surface area contributed by atoms with E-state index in [2.05, 4.69) is 4.99 Å². The van der Waals surface area contributed by atoms with E-state index in [4.69, 9.17) is 4.74 Å². The number of ether oxygens (including phenoxy) is 1. The van der Waals surface area contributed by atoms with Gasteiger partial charge in [0.1, 0.15) is 0 Å². The molecule has 2 aromatic rings. The van der Waals surface area contributed by atoms with E-state index >= 15 is 0 Å². The predicted molar refractivity (Wildman–Crippen MR) is 73.1 cm³/mol. The van der Waals surface area contributed by atoms with E-state index in [1.165, 1.54) is 12.7 Å². The third-order valence-electron chi connectivity index (χ3n) is 2.64. The molecule has 18 heavy (non-hydrogen) atoms. The van der Waals surface area contributed by atoms with E-state index in [0.29, 0.717) is 11.3 Å². The molecule has 0 aliphatic rings. The predicted octanol–water partition coefficient (Wildman–Crippen LogP) is 3.46. The van der Waals surface area contributed by atoms with Crippen LogP contribution >= 0.6 is 0 Å². The van der Waals surface area contributed by atoms with Crippen LogP contribution in [-0.4, -0.2) is 18.4 Å². The number of phenols is 1. The number of aryl methyl sites for hydroxylation is 1. The standard InChI is InChI=1S/C15H15NO2/c1-11-6-8-13(9-7-11)16-10-12-4-3-5-14(18-2)15(12)17/h3-10,17H,1-2H3. The van der Waals surface area contributed by atoms with E-state index in [9.17, 15) is 5.11 Å². The summed E-state index contributed by atoms with van der Waals surface area (Å²) < 4.78 is 5.04. The Bertz CT molecular complexity index is 559. The molecule has 0 aromatic heterocycles. The Kier molecular flexibility index (Phi) is 3.63. The van der Waals surface area contributed by atoms with E-state index in [-0.39, 0.29) is 5.75 Å². The molecule has 0 radical (unpaired) electrons. The highest BCUT2D eigenvalue weighted by Gasteiger charge is 2.04. The Hall–Kier alpha value is -2.29. The smallest absolute Gasteiger partial charge is 0.166 e. The first-order valence-corrected chi connectivity index (χ1v) is 5.67. The fourth-order valence-electron chi connectivity index (χ4n) is 1.58. The molecule has 0 fully saturated rings. The van der Waals surface area contributed by atoms with Crippen molar-refractivity contribution in [2.45, 2.75) is 6.92 Å². The molecular weight excluding hydrogens is 226 g/mol. The second-order valence-corrected chi connectivity index (χ2v) is 3.99. The molecule has 3 nitrogen and oxygen atoms in total. The molecule has 0 heterocycles. The largest absolute Gasteiger partial charge is 0.504 e. The van der Waals surface area contributed by atoms with Crippen LogP contribution in [0.3, 0.4) is 0 Å². The van der Waals surface area contributed by atoms with Crippen LogP contribution in [0, 0.1) is 6.92 Å². The normalized spacial score (nSPS) is 10.8. The summed E-state index contributed by atoms with van der Waals surface area (Å²) in [4.78, 5) is 4.31. The van der Waals surface area contributed by atoms with Crippen LogP contribution in [0.5, 0.6) is 11.5 Å². The lowest BCUT2D eigenvalue weighted by Crippen LogP contribution is -1.88. The van der Waals surface area contributed by atoms with Crippen LogP contribution in [-0.2, 0) is 0 Å². The van der Waals surface area contributed by atoms with Crippen LogP contribution in [0.15, 0.2) is 47.5 Å². The average Bonchev–Trinajstić information content (AvgIpc) is 2.39. The summed E-state index contributed by atoms with van der Waals surface area (Å²) in [5.74, 6) is 0.554. The molecule has 0 saturated heterocycles. The van der Waals surface area contributed by atoms with Gasteiger partial charge < -0.3 is 9.84 Å². The monoisotopic (exact) mass is 241 g/mol. The maximum Gasteiger partial charge on any atom is 0.166 e. The lowest BCUT2D eigenvalue weighted by molar-refractivity contribution is 0.373. The van der Waals surface area contributed by atoms with Gasteiger partial charge >= 0.3 is 0 Å². The Morgan fingerprint density at radius 1 is 1.11 bits per heavy atom. The molecular formula is C15H15NO2. The van der Waals surface area contributed by atoms with E-state index in [0.717, 1.165) is 5.69 Å². The summed E-state index contributed by atoms with van der Waals surface area (Å²) in [6.07, 6.45) is 1.63. The minimum absolute atomic E-state index is 0.107. The van der Waals surface area contributed by atoms with Gasteiger partial charge in [-0.25, -0.2) is 0 Å². The first-order valence-electron chi connectivity index (χ1n) is 5.67. The Balaban J connectivity index is 2.26. The number of phenolic OH excluding ortho intramolecular Hbond substituents is 1. The summed E-state index contributed by atoms with van der Waals surface area (Å²) >= 11 is 0. The number of methoxy groups -OCH3 is 1. The number of para-hydroxylation sites is 1. The maximum atomic E-state index is 9.89. The molecule has 0 atom stereocenters. The van der Waals surface area contributed by atoms with Crippen molar-refractivity contribution in [1.29, 1.82) is 0 Å². The Labute approximate surface area is 106 Å². The van der Waals surface area contributed by atoms with Gasteiger partial charge in [-0.15, -0.1) is 0 Å². The Morgan fingerprint density at radius 2 is 1.83 bits per heavy atom. The summed E-state index contributed by atoms with van der Waals surface area (Å²) in [6, 6.07) is 13.2. The van der Waals surface area contributed by atoms with E-state index in [1.807, 2.05) is 37.3 Å². The zero-order valence-corrected chi connectivity index (χ0v) is 10.4. The van der Waals surface area contributed by atoms with Gasteiger partial charge in [-0.2, -0.15) is 0 Å². The SMILES string of the molecule is COc1cccc(C=Nc2ccc(C)cc2)c1O. The zero-order chi connectivity index (χ0) is 13.0. The van der Waals surface area contributed by atoms with Crippen molar-refractivity contribution in [3.63, 3.8) is 0 Å². The van der Waals surface area contributed by atoms with Gasteiger partial charge in [-0.1, -0.05) is 23.8 Å². The summed E-state index contributed by atoms with van der Waals surface area (Å²) in [5, 5.41) is 9.89. The van der Waals surface area contributed by atoms with E-state index < -0.39 is 0 Å². The second-order valence-electron chi connectivity index (χ2n) is 3.99. The molecule has 92 valence electrons. The minimum Gasteiger partial charge on any atom is -0.504 e. The summed E-state index contributed by atoms with van der Waals surface area (Å²) in [6.45, 7) is 2.03. The van der Waals surface area contributed by atoms with Gasteiger partial charge in [0, 0.05) is 11.8 Å². The molecule has 1 N–H and O–H groups in total. The molecule has 0 saturated carbocycles. The third-order valence-corrected chi connectivity index (χ3v) is 2.64. The Morgan fingerprint density at radius 3 is 2.50 bits per heavy atom. The highest BCUT2D eigenvalue weighted by Crippen LogP contribution is 2.28. The first-order chi connectivity index (χ1) is 8.70. The minimum atomic E-state index is 0.107. The lowest BCUT2D eigenvalue weighted by Gasteiger charge is -2.04. The second kappa shape index (κ2) is 5.36. The van der Waals surface area contributed by atoms with Crippen molar-refractivity contribution in [3.8, 4) is 11.5 Å². The number of nitrogens with zero attached hydrogens (tertiary/aromatic N) is 1. The van der Waals surface area contributed by atoms with Crippen molar-refractivity contribution >= 4 is 11.9 Å². The molecule has 0 amide bonds. The topological polar surface area (TPSA) is 41.8 Å². The van der Waals surface area contributed by atoms with Gasteiger partial charge in [0.25, 0.3) is 0 Å². The van der Waals surface area contributed by atoms with Crippen LogP contribution in [0.4, 0.5) is 5.69 Å². The van der Waals surface area contributed by atoms with Crippen molar-refractivity contribution in [2.75, 3.05) is 7.11 Å². The molecule has 0 aliphatic carbocycles. The summed E-state index contributed by atoms with van der Waals surface area (Å²) in [5.41, 5.74) is 2.68. The number of hydrogen-bond donors (Lipinski definition) is 1. The van der Waals surface area contributed by atoms with E-state index in [1.54, 1.807) is 18.3 Å². The van der Waals surface area contributed by atoms with Crippen LogP contribution in [0.25, 0.3) is 0 Å². The van der Waals surface area contributed by atoms with Gasteiger partial charge in [0.2, 0.25) is 0 Å². The van der Waals surface area contributed by atoms with Crippen LogP contribution < -0.4 is 4.74 Å². The van der Waals surface area contributed by atoms with Gasteiger partial charge in [0.05, 0.1) is 12.8 Å². The van der Waals surface area contributed by atoms with Gasteiger partial charge in [-0.05, 0) is 31.2 Å². The van der Waals surface area contributed by atoms with Crippen molar-refractivity contribution in [1.82, 2.24) is 0 Å².